The molecule has 0 N–H and O–H groups in total. The monoisotopic (exact) mass is 349 g/mol. The van der Waals surface area contributed by atoms with E-state index in [0.717, 1.165) is 23.9 Å². The summed E-state index contributed by atoms with van der Waals surface area (Å²) in [5.41, 5.74) is 2.35. The van der Waals surface area contributed by atoms with Crippen molar-refractivity contribution in [2.24, 2.45) is 0 Å². The van der Waals surface area contributed by atoms with E-state index < -0.39 is 0 Å². The van der Waals surface area contributed by atoms with Gasteiger partial charge in [0.1, 0.15) is 0 Å². The lowest BCUT2D eigenvalue weighted by Gasteiger charge is -2.13. The van der Waals surface area contributed by atoms with Gasteiger partial charge in [-0.1, -0.05) is 55.4 Å². The number of thioether (sulfide) groups is 1. The van der Waals surface area contributed by atoms with Crippen LogP contribution in [0, 0.1) is 11.3 Å². The molecule has 0 aliphatic heterocycles. The fourth-order valence-electron chi connectivity index (χ4n) is 2.67. The lowest BCUT2D eigenvalue weighted by Crippen LogP contribution is -2.23. The van der Waals surface area contributed by atoms with Crippen molar-refractivity contribution in [3.8, 4) is 6.07 Å². The summed E-state index contributed by atoms with van der Waals surface area (Å²) in [5.74, 6) is 0.612. The number of nitrogens with zero attached hydrogens (tertiary/aromatic N) is 3. The SMILES string of the molecule is CCCCn1c(SCc2ccccc2C#N)nc2ccccc2c1=O. The van der Waals surface area contributed by atoms with E-state index in [1.165, 1.54) is 11.8 Å². The number of rotatable bonds is 6. The molecule has 4 nitrogen and oxygen atoms in total. The maximum Gasteiger partial charge on any atom is 0.262 e. The number of aromatic nitrogens is 2. The molecular formula is C20H19N3OS. The average molecular weight is 349 g/mol. The van der Waals surface area contributed by atoms with Gasteiger partial charge in [0.25, 0.3) is 5.56 Å². The first kappa shape index (κ1) is 17.2. The number of benzene rings is 2. The molecule has 5 heteroatoms. The Hall–Kier alpha value is -2.58. The van der Waals surface area contributed by atoms with E-state index in [1.54, 1.807) is 4.57 Å². The Balaban J connectivity index is 1.99. The van der Waals surface area contributed by atoms with Gasteiger partial charge in [0.15, 0.2) is 5.16 Å². The van der Waals surface area contributed by atoms with Gasteiger partial charge < -0.3 is 0 Å². The van der Waals surface area contributed by atoms with E-state index in [0.29, 0.717) is 28.4 Å². The fraction of sp³-hybridized carbons (Fsp3) is 0.250. The minimum Gasteiger partial charge on any atom is -0.287 e. The van der Waals surface area contributed by atoms with Gasteiger partial charge in [-0.15, -0.1) is 0 Å². The molecule has 1 heterocycles. The van der Waals surface area contributed by atoms with Crippen molar-refractivity contribution in [2.75, 3.05) is 0 Å². The van der Waals surface area contributed by atoms with Gasteiger partial charge in [0, 0.05) is 12.3 Å². The van der Waals surface area contributed by atoms with E-state index in [-0.39, 0.29) is 5.56 Å². The maximum absolute atomic E-state index is 12.8. The summed E-state index contributed by atoms with van der Waals surface area (Å²) in [5, 5.41) is 10.6. The quantitative estimate of drug-likeness (QED) is 0.490. The van der Waals surface area contributed by atoms with Gasteiger partial charge in [-0.3, -0.25) is 9.36 Å². The minimum atomic E-state index is 0.00937. The zero-order valence-corrected chi connectivity index (χ0v) is 14.9. The van der Waals surface area contributed by atoms with E-state index in [4.69, 9.17) is 4.98 Å². The molecule has 3 rings (SSSR count). The van der Waals surface area contributed by atoms with Gasteiger partial charge in [-0.05, 0) is 30.2 Å². The van der Waals surface area contributed by atoms with Crippen LogP contribution in [0.3, 0.4) is 0 Å². The highest BCUT2D eigenvalue weighted by Crippen LogP contribution is 2.24. The molecule has 25 heavy (non-hydrogen) atoms. The van der Waals surface area contributed by atoms with Crippen LogP contribution >= 0.6 is 11.8 Å². The van der Waals surface area contributed by atoms with Crippen LogP contribution in [0.15, 0.2) is 58.5 Å². The Morgan fingerprint density at radius 1 is 1.16 bits per heavy atom. The highest BCUT2D eigenvalue weighted by atomic mass is 32.2. The third-order valence-electron chi connectivity index (χ3n) is 4.06. The predicted molar refractivity (Wildman–Crippen MR) is 102 cm³/mol. The molecule has 0 aliphatic carbocycles. The molecular weight excluding hydrogens is 330 g/mol. The van der Waals surface area contributed by atoms with Crippen molar-refractivity contribution in [2.45, 2.75) is 37.2 Å². The largest absolute Gasteiger partial charge is 0.287 e. The highest BCUT2D eigenvalue weighted by molar-refractivity contribution is 7.98. The summed E-state index contributed by atoms with van der Waals surface area (Å²) in [6, 6.07) is 17.2. The average Bonchev–Trinajstić information content (AvgIpc) is 2.66. The number of nitriles is 1. The van der Waals surface area contributed by atoms with Crippen LogP contribution < -0.4 is 5.56 Å². The molecule has 126 valence electrons. The number of hydrogen-bond donors (Lipinski definition) is 0. The second-order valence-electron chi connectivity index (χ2n) is 5.78. The van der Waals surface area contributed by atoms with Crippen LogP contribution in [-0.2, 0) is 12.3 Å². The Bertz CT molecular complexity index is 988. The third kappa shape index (κ3) is 3.75. The van der Waals surface area contributed by atoms with Gasteiger partial charge in [-0.2, -0.15) is 5.26 Å². The Kier molecular flexibility index (Phi) is 5.52. The summed E-state index contributed by atoms with van der Waals surface area (Å²) in [4.78, 5) is 17.5. The minimum absolute atomic E-state index is 0.00937. The van der Waals surface area contributed by atoms with Crippen LogP contribution in [0.2, 0.25) is 0 Å². The summed E-state index contributed by atoms with van der Waals surface area (Å²) < 4.78 is 1.77. The summed E-state index contributed by atoms with van der Waals surface area (Å²) >= 11 is 1.51. The van der Waals surface area contributed by atoms with Gasteiger partial charge >= 0.3 is 0 Å². The molecule has 3 aromatic rings. The third-order valence-corrected chi connectivity index (χ3v) is 5.08. The summed E-state index contributed by atoms with van der Waals surface area (Å²) in [6.07, 6.45) is 1.95. The number of hydrogen-bond acceptors (Lipinski definition) is 4. The Labute approximate surface area is 151 Å². The van der Waals surface area contributed by atoms with E-state index in [9.17, 15) is 10.1 Å². The van der Waals surface area contributed by atoms with Gasteiger partial charge in [-0.25, -0.2) is 4.98 Å². The number of unbranched alkanes of at least 4 members (excludes halogenated alkanes) is 1. The van der Waals surface area contributed by atoms with Crippen molar-refractivity contribution in [1.29, 1.82) is 5.26 Å². The van der Waals surface area contributed by atoms with Crippen LogP contribution in [0.5, 0.6) is 0 Å². The first-order chi connectivity index (χ1) is 12.2. The smallest absolute Gasteiger partial charge is 0.262 e. The molecule has 0 bridgehead atoms. The van der Waals surface area contributed by atoms with Gasteiger partial charge in [0.05, 0.1) is 22.5 Å². The lowest BCUT2D eigenvalue weighted by molar-refractivity contribution is 0.557. The van der Waals surface area contributed by atoms with E-state index >= 15 is 0 Å². The summed E-state index contributed by atoms with van der Waals surface area (Å²) in [6.45, 7) is 2.77. The molecule has 0 atom stereocenters. The molecule has 0 unspecified atom stereocenters. The molecule has 0 amide bonds. The highest BCUT2D eigenvalue weighted by Gasteiger charge is 2.12. The zero-order valence-electron chi connectivity index (χ0n) is 14.1. The fourth-order valence-corrected chi connectivity index (χ4v) is 3.70. The normalized spacial score (nSPS) is 10.7. The second-order valence-corrected chi connectivity index (χ2v) is 6.72. The zero-order chi connectivity index (χ0) is 17.6. The molecule has 0 saturated carbocycles. The maximum atomic E-state index is 12.8. The standard InChI is InChI=1S/C20H19N3OS/c1-2-3-12-23-19(24)17-10-6-7-11-18(17)22-20(23)25-14-16-9-5-4-8-15(16)13-21/h4-11H,2-3,12,14H2,1H3. The summed E-state index contributed by atoms with van der Waals surface area (Å²) in [7, 11) is 0. The van der Waals surface area contributed by atoms with Crippen LogP contribution in [0.25, 0.3) is 10.9 Å². The molecule has 0 spiro atoms. The van der Waals surface area contributed by atoms with Crippen molar-refractivity contribution in [3.05, 3.63) is 70.0 Å². The van der Waals surface area contributed by atoms with E-state index in [2.05, 4.69) is 13.0 Å². The molecule has 2 aromatic carbocycles. The first-order valence-electron chi connectivity index (χ1n) is 8.35. The molecule has 1 aromatic heterocycles. The second kappa shape index (κ2) is 8.00. The number of para-hydroxylation sites is 1. The van der Waals surface area contributed by atoms with Crippen LogP contribution in [0.4, 0.5) is 0 Å². The van der Waals surface area contributed by atoms with Crippen LogP contribution in [-0.4, -0.2) is 9.55 Å². The van der Waals surface area contributed by atoms with E-state index in [1.807, 2.05) is 48.5 Å². The van der Waals surface area contributed by atoms with Crippen LogP contribution in [0.1, 0.15) is 30.9 Å². The van der Waals surface area contributed by atoms with Crippen molar-refractivity contribution in [3.63, 3.8) is 0 Å². The van der Waals surface area contributed by atoms with Crippen molar-refractivity contribution >= 4 is 22.7 Å². The van der Waals surface area contributed by atoms with Crippen molar-refractivity contribution in [1.82, 2.24) is 9.55 Å². The molecule has 0 fully saturated rings. The van der Waals surface area contributed by atoms with Crippen molar-refractivity contribution < 1.29 is 0 Å². The Morgan fingerprint density at radius 3 is 2.72 bits per heavy atom. The topological polar surface area (TPSA) is 58.7 Å². The Morgan fingerprint density at radius 2 is 1.92 bits per heavy atom. The number of fused-ring (bicyclic) bond motifs is 1. The first-order valence-corrected chi connectivity index (χ1v) is 9.33. The van der Waals surface area contributed by atoms with Gasteiger partial charge in [0.2, 0.25) is 0 Å². The lowest BCUT2D eigenvalue weighted by atomic mass is 10.1. The predicted octanol–water partition coefficient (Wildman–Crippen LogP) is 4.36. The molecule has 0 radical (unpaired) electrons. The molecule has 0 saturated heterocycles. The molecule has 0 aliphatic rings.